The molecule has 0 saturated heterocycles. The van der Waals surface area contributed by atoms with Gasteiger partial charge in [-0.25, -0.2) is 4.98 Å². The van der Waals surface area contributed by atoms with Gasteiger partial charge in [-0.2, -0.15) is 0 Å². The Balaban J connectivity index is 2.92. The van der Waals surface area contributed by atoms with Gasteiger partial charge in [0.05, 0.1) is 0 Å². The molecule has 0 fully saturated rings. The van der Waals surface area contributed by atoms with E-state index in [-0.39, 0.29) is 0 Å². The van der Waals surface area contributed by atoms with Gasteiger partial charge in [-0.3, -0.25) is 0 Å². The molecule has 2 heteroatoms. The van der Waals surface area contributed by atoms with Crippen molar-refractivity contribution in [1.82, 2.24) is 4.98 Å². The van der Waals surface area contributed by atoms with Crippen LogP contribution in [0.4, 0.5) is 5.82 Å². The molecule has 0 N–H and O–H groups in total. The summed E-state index contributed by atoms with van der Waals surface area (Å²) in [5, 5.41) is 0. The van der Waals surface area contributed by atoms with E-state index >= 15 is 0 Å². The van der Waals surface area contributed by atoms with Gasteiger partial charge >= 0.3 is 0 Å². The molecule has 0 aliphatic heterocycles. The van der Waals surface area contributed by atoms with Crippen LogP contribution in [0.5, 0.6) is 0 Å². The van der Waals surface area contributed by atoms with Gasteiger partial charge in [-0.15, -0.1) is 0 Å². The van der Waals surface area contributed by atoms with Gasteiger partial charge in [0.15, 0.2) is 0 Å². The number of hydrogen-bond donors (Lipinski definition) is 0. The first-order valence-corrected chi connectivity index (χ1v) is 5.40. The van der Waals surface area contributed by atoms with Crippen molar-refractivity contribution >= 4 is 5.82 Å². The second-order valence-corrected chi connectivity index (χ2v) is 3.75. The smallest absolute Gasteiger partial charge is 0.128 e. The highest BCUT2D eigenvalue weighted by atomic mass is 15.2. The molecule has 1 rings (SSSR count). The number of pyridine rings is 1. The van der Waals surface area contributed by atoms with E-state index in [4.69, 9.17) is 0 Å². The second-order valence-electron chi connectivity index (χ2n) is 3.75. The predicted molar refractivity (Wildman–Crippen MR) is 61.9 cm³/mol. The Hall–Kier alpha value is -1.05. The van der Waals surface area contributed by atoms with Crippen molar-refractivity contribution in [2.45, 2.75) is 33.6 Å². The second kappa shape index (κ2) is 4.99. The first-order chi connectivity index (χ1) is 6.69. The number of anilines is 1. The summed E-state index contributed by atoms with van der Waals surface area (Å²) in [6, 6.07) is 6.27. The summed E-state index contributed by atoms with van der Waals surface area (Å²) in [6.45, 7) is 10.7. The summed E-state index contributed by atoms with van der Waals surface area (Å²) < 4.78 is 0. The number of nitrogens with zero attached hydrogens (tertiary/aromatic N) is 2. The lowest BCUT2D eigenvalue weighted by Crippen LogP contribution is -2.23. The summed E-state index contributed by atoms with van der Waals surface area (Å²) in [7, 11) is 0. The first-order valence-electron chi connectivity index (χ1n) is 5.40. The third-order valence-corrected chi connectivity index (χ3v) is 2.43. The molecule has 1 aromatic rings. The molecule has 0 radical (unpaired) electrons. The van der Waals surface area contributed by atoms with Gasteiger partial charge in [0.2, 0.25) is 0 Å². The highest BCUT2D eigenvalue weighted by Gasteiger charge is 2.05. The third-order valence-electron chi connectivity index (χ3n) is 2.43. The van der Waals surface area contributed by atoms with Crippen LogP contribution in [0.15, 0.2) is 18.2 Å². The van der Waals surface area contributed by atoms with Crippen LogP contribution in [-0.4, -0.2) is 18.1 Å². The standard InChI is InChI=1S/C12H20N2/c1-5-14(6-2)12-9-7-8-11(13-12)10(3)4/h7-10H,5-6H2,1-4H3. The van der Waals surface area contributed by atoms with Crippen LogP contribution >= 0.6 is 0 Å². The van der Waals surface area contributed by atoms with Crippen LogP contribution in [0.25, 0.3) is 0 Å². The summed E-state index contributed by atoms with van der Waals surface area (Å²) in [5.74, 6) is 1.60. The van der Waals surface area contributed by atoms with Crippen LogP contribution in [-0.2, 0) is 0 Å². The SMILES string of the molecule is CCN(CC)c1cccc(C(C)C)n1. The normalized spacial score (nSPS) is 10.6. The molecule has 0 saturated carbocycles. The summed E-state index contributed by atoms with van der Waals surface area (Å²) in [4.78, 5) is 6.91. The molecule has 0 unspecified atom stereocenters. The molecular formula is C12H20N2. The molecule has 0 aromatic carbocycles. The Morgan fingerprint density at radius 3 is 2.36 bits per heavy atom. The van der Waals surface area contributed by atoms with Crippen molar-refractivity contribution < 1.29 is 0 Å². The molecule has 0 bridgehead atoms. The number of aromatic nitrogens is 1. The summed E-state index contributed by atoms with van der Waals surface area (Å²) in [6.07, 6.45) is 0. The van der Waals surface area contributed by atoms with Crippen molar-refractivity contribution in [2.24, 2.45) is 0 Å². The lowest BCUT2D eigenvalue weighted by molar-refractivity contribution is 0.794. The van der Waals surface area contributed by atoms with E-state index in [1.807, 2.05) is 0 Å². The fraction of sp³-hybridized carbons (Fsp3) is 0.583. The van der Waals surface area contributed by atoms with Crippen LogP contribution < -0.4 is 4.90 Å². The van der Waals surface area contributed by atoms with E-state index in [9.17, 15) is 0 Å². The van der Waals surface area contributed by atoms with Gasteiger partial charge in [0, 0.05) is 18.8 Å². The van der Waals surface area contributed by atoms with E-state index in [2.05, 4.69) is 55.8 Å². The molecule has 0 aliphatic carbocycles. The van der Waals surface area contributed by atoms with Crippen LogP contribution in [0.2, 0.25) is 0 Å². The maximum Gasteiger partial charge on any atom is 0.128 e. The maximum absolute atomic E-state index is 4.64. The molecule has 0 aliphatic rings. The van der Waals surface area contributed by atoms with Crippen LogP contribution in [0.3, 0.4) is 0 Å². The predicted octanol–water partition coefficient (Wildman–Crippen LogP) is 3.05. The average molecular weight is 192 g/mol. The molecule has 0 amide bonds. The molecular weight excluding hydrogens is 172 g/mol. The molecule has 78 valence electrons. The van der Waals surface area contributed by atoms with E-state index in [1.165, 1.54) is 5.69 Å². The van der Waals surface area contributed by atoms with E-state index in [0.29, 0.717) is 5.92 Å². The Morgan fingerprint density at radius 1 is 1.21 bits per heavy atom. The molecule has 14 heavy (non-hydrogen) atoms. The third kappa shape index (κ3) is 2.47. The van der Waals surface area contributed by atoms with Crippen molar-refractivity contribution in [1.29, 1.82) is 0 Å². The fourth-order valence-electron chi connectivity index (χ4n) is 1.48. The quantitative estimate of drug-likeness (QED) is 0.729. The minimum atomic E-state index is 0.505. The van der Waals surface area contributed by atoms with Crippen molar-refractivity contribution in [3.63, 3.8) is 0 Å². The molecule has 0 spiro atoms. The Labute approximate surface area is 87.0 Å². The summed E-state index contributed by atoms with van der Waals surface area (Å²) in [5.41, 5.74) is 1.18. The van der Waals surface area contributed by atoms with Gasteiger partial charge < -0.3 is 4.90 Å². The number of rotatable bonds is 4. The van der Waals surface area contributed by atoms with Gasteiger partial charge in [-0.05, 0) is 31.9 Å². The van der Waals surface area contributed by atoms with E-state index in [1.54, 1.807) is 0 Å². The van der Waals surface area contributed by atoms with Gasteiger partial charge in [-0.1, -0.05) is 19.9 Å². The first kappa shape index (κ1) is 11.0. The lowest BCUT2D eigenvalue weighted by atomic mass is 10.1. The monoisotopic (exact) mass is 192 g/mol. The summed E-state index contributed by atoms with van der Waals surface area (Å²) >= 11 is 0. The van der Waals surface area contributed by atoms with Crippen molar-refractivity contribution in [3.8, 4) is 0 Å². The Morgan fingerprint density at radius 2 is 1.86 bits per heavy atom. The lowest BCUT2D eigenvalue weighted by Gasteiger charge is -2.20. The van der Waals surface area contributed by atoms with Crippen LogP contribution in [0, 0.1) is 0 Å². The minimum absolute atomic E-state index is 0.505. The molecule has 2 nitrogen and oxygen atoms in total. The molecule has 1 aromatic heterocycles. The van der Waals surface area contributed by atoms with Gasteiger partial charge in [0.25, 0.3) is 0 Å². The fourth-order valence-corrected chi connectivity index (χ4v) is 1.48. The van der Waals surface area contributed by atoms with Crippen LogP contribution in [0.1, 0.15) is 39.3 Å². The van der Waals surface area contributed by atoms with Crippen molar-refractivity contribution in [3.05, 3.63) is 23.9 Å². The zero-order chi connectivity index (χ0) is 10.6. The minimum Gasteiger partial charge on any atom is -0.357 e. The van der Waals surface area contributed by atoms with E-state index < -0.39 is 0 Å². The Bertz CT molecular complexity index is 277. The zero-order valence-corrected chi connectivity index (χ0v) is 9.62. The molecule has 0 atom stereocenters. The Kier molecular flexibility index (Phi) is 3.93. The number of hydrogen-bond acceptors (Lipinski definition) is 2. The highest BCUT2D eigenvalue weighted by molar-refractivity contribution is 5.39. The maximum atomic E-state index is 4.64. The topological polar surface area (TPSA) is 16.1 Å². The van der Waals surface area contributed by atoms with Crippen molar-refractivity contribution in [2.75, 3.05) is 18.0 Å². The van der Waals surface area contributed by atoms with E-state index in [0.717, 1.165) is 18.9 Å². The zero-order valence-electron chi connectivity index (χ0n) is 9.62. The highest BCUT2D eigenvalue weighted by Crippen LogP contribution is 2.16. The largest absolute Gasteiger partial charge is 0.357 e. The molecule has 1 heterocycles. The van der Waals surface area contributed by atoms with Gasteiger partial charge in [0.1, 0.15) is 5.82 Å². The average Bonchev–Trinajstić information content (AvgIpc) is 2.20.